The van der Waals surface area contributed by atoms with Crippen molar-refractivity contribution in [1.82, 2.24) is 4.90 Å². The monoisotopic (exact) mass is 290 g/mol. The summed E-state index contributed by atoms with van der Waals surface area (Å²) in [4.78, 5) is 2.49. The van der Waals surface area contributed by atoms with Gasteiger partial charge in [-0.25, -0.2) is 0 Å². The van der Waals surface area contributed by atoms with Crippen LogP contribution in [0.1, 0.15) is 37.8 Å². The van der Waals surface area contributed by atoms with Crippen LogP contribution in [0, 0.1) is 5.92 Å². The van der Waals surface area contributed by atoms with Crippen molar-refractivity contribution in [3.8, 4) is 5.75 Å². The second-order valence-electron chi connectivity index (χ2n) is 6.71. The van der Waals surface area contributed by atoms with Gasteiger partial charge in [0.1, 0.15) is 5.75 Å². The number of likely N-dealkylation sites (N-methyl/N-ethyl adjacent to an activating group) is 1. The Kier molecular flexibility index (Phi) is 5.65. The van der Waals surface area contributed by atoms with Crippen LogP contribution in [-0.4, -0.2) is 37.7 Å². The van der Waals surface area contributed by atoms with Gasteiger partial charge in [-0.05, 0) is 68.5 Å². The molecule has 0 saturated carbocycles. The molecule has 1 aliphatic carbocycles. The van der Waals surface area contributed by atoms with Gasteiger partial charge in [0.15, 0.2) is 0 Å². The van der Waals surface area contributed by atoms with Gasteiger partial charge in [-0.2, -0.15) is 0 Å². The summed E-state index contributed by atoms with van der Waals surface area (Å²) in [5.41, 5.74) is 9.10. The molecular weight excluding hydrogens is 260 g/mol. The SMILES string of the molecule is COc1ccc2c(c1)CC(N(C)CCC(N)C(C)C)CC2. The fraction of sp³-hybridized carbons (Fsp3) is 0.667. The molecule has 2 N–H and O–H groups in total. The second-order valence-corrected chi connectivity index (χ2v) is 6.71. The number of hydrogen-bond donors (Lipinski definition) is 1. The van der Waals surface area contributed by atoms with E-state index in [1.54, 1.807) is 7.11 Å². The number of aryl methyl sites for hydroxylation is 1. The second kappa shape index (κ2) is 7.28. The lowest BCUT2D eigenvalue weighted by Crippen LogP contribution is -2.39. The number of hydrogen-bond acceptors (Lipinski definition) is 3. The summed E-state index contributed by atoms with van der Waals surface area (Å²) in [6, 6.07) is 7.44. The van der Waals surface area contributed by atoms with E-state index in [2.05, 4.69) is 44.0 Å². The van der Waals surface area contributed by atoms with Crippen molar-refractivity contribution < 1.29 is 4.74 Å². The van der Waals surface area contributed by atoms with Crippen LogP contribution in [0.5, 0.6) is 5.75 Å². The summed E-state index contributed by atoms with van der Waals surface area (Å²) in [5.74, 6) is 1.54. The minimum Gasteiger partial charge on any atom is -0.497 e. The van der Waals surface area contributed by atoms with Crippen LogP contribution in [0.2, 0.25) is 0 Å². The molecule has 3 nitrogen and oxygen atoms in total. The lowest BCUT2D eigenvalue weighted by atomic mass is 9.87. The van der Waals surface area contributed by atoms with Crippen molar-refractivity contribution in [2.75, 3.05) is 20.7 Å². The summed E-state index contributed by atoms with van der Waals surface area (Å²) >= 11 is 0. The molecule has 0 heterocycles. The molecule has 0 bridgehead atoms. The summed E-state index contributed by atoms with van der Waals surface area (Å²) in [6.45, 7) is 5.49. The third-order valence-electron chi connectivity index (χ3n) is 4.91. The molecule has 0 fully saturated rings. The average molecular weight is 290 g/mol. The van der Waals surface area contributed by atoms with Crippen LogP contribution in [0.3, 0.4) is 0 Å². The smallest absolute Gasteiger partial charge is 0.119 e. The van der Waals surface area contributed by atoms with Gasteiger partial charge in [-0.3, -0.25) is 0 Å². The molecule has 0 radical (unpaired) electrons. The van der Waals surface area contributed by atoms with E-state index in [0.29, 0.717) is 18.0 Å². The van der Waals surface area contributed by atoms with E-state index >= 15 is 0 Å². The molecule has 2 unspecified atom stereocenters. The Morgan fingerprint density at radius 2 is 2.10 bits per heavy atom. The number of benzene rings is 1. The third-order valence-corrected chi connectivity index (χ3v) is 4.91. The molecule has 0 aliphatic heterocycles. The average Bonchev–Trinajstić information content (AvgIpc) is 2.50. The van der Waals surface area contributed by atoms with Crippen LogP contribution in [0.4, 0.5) is 0 Å². The van der Waals surface area contributed by atoms with E-state index in [0.717, 1.165) is 25.1 Å². The lowest BCUT2D eigenvalue weighted by Gasteiger charge is -2.33. The predicted molar refractivity (Wildman–Crippen MR) is 88.9 cm³/mol. The molecule has 2 atom stereocenters. The Balaban J connectivity index is 1.93. The molecule has 118 valence electrons. The Bertz CT molecular complexity index is 459. The Morgan fingerprint density at radius 3 is 2.76 bits per heavy atom. The molecule has 1 aliphatic rings. The van der Waals surface area contributed by atoms with Gasteiger partial charge < -0.3 is 15.4 Å². The first-order valence-corrected chi connectivity index (χ1v) is 8.13. The van der Waals surface area contributed by atoms with Gasteiger partial charge in [0, 0.05) is 12.1 Å². The highest BCUT2D eigenvalue weighted by atomic mass is 16.5. The minimum atomic E-state index is 0.309. The van der Waals surface area contributed by atoms with E-state index in [-0.39, 0.29) is 0 Å². The molecule has 0 saturated heterocycles. The lowest BCUT2D eigenvalue weighted by molar-refractivity contribution is 0.209. The summed E-state index contributed by atoms with van der Waals surface area (Å²) < 4.78 is 5.35. The van der Waals surface area contributed by atoms with Gasteiger partial charge >= 0.3 is 0 Å². The quantitative estimate of drug-likeness (QED) is 0.875. The Labute approximate surface area is 129 Å². The maximum absolute atomic E-state index is 6.17. The molecule has 1 aromatic carbocycles. The van der Waals surface area contributed by atoms with Crippen molar-refractivity contribution in [3.63, 3.8) is 0 Å². The van der Waals surface area contributed by atoms with Crippen LogP contribution >= 0.6 is 0 Å². The highest BCUT2D eigenvalue weighted by Gasteiger charge is 2.22. The summed E-state index contributed by atoms with van der Waals surface area (Å²) in [6.07, 6.45) is 4.62. The zero-order valence-electron chi connectivity index (χ0n) is 13.9. The molecule has 0 aromatic heterocycles. The summed E-state index contributed by atoms with van der Waals surface area (Å²) in [7, 11) is 3.98. The van der Waals surface area contributed by atoms with Gasteiger partial charge in [0.25, 0.3) is 0 Å². The number of rotatable bonds is 6. The first-order valence-electron chi connectivity index (χ1n) is 8.13. The first kappa shape index (κ1) is 16.3. The third kappa shape index (κ3) is 4.21. The molecule has 21 heavy (non-hydrogen) atoms. The molecular formula is C18H30N2O. The van der Waals surface area contributed by atoms with E-state index in [4.69, 9.17) is 10.5 Å². The van der Waals surface area contributed by atoms with E-state index in [9.17, 15) is 0 Å². The van der Waals surface area contributed by atoms with Crippen molar-refractivity contribution in [3.05, 3.63) is 29.3 Å². The van der Waals surface area contributed by atoms with Gasteiger partial charge in [0.2, 0.25) is 0 Å². The van der Waals surface area contributed by atoms with Crippen LogP contribution in [-0.2, 0) is 12.8 Å². The Hall–Kier alpha value is -1.06. The standard InChI is InChI=1S/C18H30N2O/c1-13(2)18(19)9-10-20(3)16-7-5-14-6-8-17(21-4)12-15(14)11-16/h6,8,12-13,16,18H,5,7,9-11,19H2,1-4H3. The van der Waals surface area contributed by atoms with Crippen molar-refractivity contribution >= 4 is 0 Å². The van der Waals surface area contributed by atoms with Gasteiger partial charge in [-0.1, -0.05) is 19.9 Å². The van der Waals surface area contributed by atoms with Crippen LogP contribution in [0.15, 0.2) is 18.2 Å². The number of fused-ring (bicyclic) bond motifs is 1. The zero-order valence-corrected chi connectivity index (χ0v) is 13.9. The number of methoxy groups -OCH3 is 1. The maximum Gasteiger partial charge on any atom is 0.119 e. The predicted octanol–water partition coefficient (Wildman–Crippen LogP) is 2.86. The van der Waals surface area contributed by atoms with Gasteiger partial charge in [0.05, 0.1) is 7.11 Å². The van der Waals surface area contributed by atoms with Crippen molar-refractivity contribution in [1.29, 1.82) is 0 Å². The van der Waals surface area contributed by atoms with E-state index in [1.807, 2.05) is 0 Å². The van der Waals surface area contributed by atoms with E-state index in [1.165, 1.54) is 24.0 Å². The largest absolute Gasteiger partial charge is 0.497 e. The fourth-order valence-electron chi connectivity index (χ4n) is 3.09. The maximum atomic E-state index is 6.17. The molecule has 3 heteroatoms. The van der Waals surface area contributed by atoms with Gasteiger partial charge in [-0.15, -0.1) is 0 Å². The normalized spacial score (nSPS) is 19.7. The van der Waals surface area contributed by atoms with Crippen LogP contribution < -0.4 is 10.5 Å². The van der Waals surface area contributed by atoms with Crippen molar-refractivity contribution in [2.24, 2.45) is 11.7 Å². The van der Waals surface area contributed by atoms with E-state index < -0.39 is 0 Å². The Morgan fingerprint density at radius 1 is 1.33 bits per heavy atom. The topological polar surface area (TPSA) is 38.5 Å². The fourth-order valence-corrected chi connectivity index (χ4v) is 3.09. The molecule has 0 spiro atoms. The molecule has 2 rings (SSSR count). The minimum absolute atomic E-state index is 0.309. The zero-order chi connectivity index (χ0) is 15.4. The number of nitrogens with zero attached hydrogens (tertiary/aromatic N) is 1. The highest BCUT2D eigenvalue weighted by molar-refractivity contribution is 5.37. The number of nitrogens with two attached hydrogens (primary N) is 1. The highest BCUT2D eigenvalue weighted by Crippen LogP contribution is 2.27. The van der Waals surface area contributed by atoms with Crippen LogP contribution in [0.25, 0.3) is 0 Å². The number of ether oxygens (including phenoxy) is 1. The van der Waals surface area contributed by atoms with Crippen molar-refractivity contribution in [2.45, 2.75) is 51.6 Å². The first-order chi connectivity index (χ1) is 10.0. The molecule has 0 amide bonds. The molecule has 1 aromatic rings. The summed E-state index contributed by atoms with van der Waals surface area (Å²) in [5, 5.41) is 0.